The molecule has 1 aromatic heterocycles. The molecule has 2 nitrogen and oxygen atoms in total. The summed E-state index contributed by atoms with van der Waals surface area (Å²) in [6, 6.07) is 2.75. The Labute approximate surface area is 115 Å². The Morgan fingerprint density at radius 1 is 1.37 bits per heavy atom. The zero-order chi connectivity index (χ0) is 14.1. The summed E-state index contributed by atoms with van der Waals surface area (Å²) < 4.78 is 37.2. The van der Waals surface area contributed by atoms with Crippen molar-refractivity contribution < 1.29 is 13.2 Å². The Morgan fingerprint density at radius 3 is 2.63 bits per heavy atom. The zero-order valence-electron chi connectivity index (χ0n) is 10.9. The molecule has 1 aromatic rings. The Kier molecular flexibility index (Phi) is 3.99. The second-order valence-electron chi connectivity index (χ2n) is 5.65. The van der Waals surface area contributed by atoms with Gasteiger partial charge in [-0.15, -0.1) is 0 Å². The van der Waals surface area contributed by atoms with Gasteiger partial charge in [-0.3, -0.25) is 0 Å². The van der Waals surface area contributed by atoms with Gasteiger partial charge in [0.25, 0.3) is 0 Å². The van der Waals surface area contributed by atoms with Gasteiger partial charge in [0.05, 0.1) is 11.9 Å². The number of hydrogen-bond acceptors (Lipinski definition) is 3. The number of nitrogens with one attached hydrogen (secondary N) is 1. The minimum Gasteiger partial charge on any atom is -0.380 e. The molecule has 0 amide bonds. The lowest BCUT2D eigenvalue weighted by Crippen LogP contribution is -2.35. The molecule has 1 N–H and O–H groups in total. The lowest BCUT2D eigenvalue weighted by molar-refractivity contribution is -0.141. The van der Waals surface area contributed by atoms with Gasteiger partial charge in [0.1, 0.15) is 5.69 Å². The molecule has 2 rings (SSSR count). The van der Waals surface area contributed by atoms with Crippen LogP contribution in [-0.2, 0) is 6.18 Å². The van der Waals surface area contributed by atoms with Crippen molar-refractivity contribution in [3.63, 3.8) is 0 Å². The molecular weight excluding hydrogens is 273 g/mol. The number of nitrogens with zero attached hydrogens (tertiary/aromatic N) is 1. The number of anilines is 1. The van der Waals surface area contributed by atoms with Gasteiger partial charge < -0.3 is 5.32 Å². The van der Waals surface area contributed by atoms with E-state index in [0.29, 0.717) is 5.69 Å². The van der Waals surface area contributed by atoms with Crippen LogP contribution < -0.4 is 5.32 Å². The summed E-state index contributed by atoms with van der Waals surface area (Å²) in [7, 11) is 0. The molecule has 0 radical (unpaired) electrons. The molecule has 1 fully saturated rings. The van der Waals surface area contributed by atoms with Crippen LogP contribution in [0.15, 0.2) is 18.3 Å². The van der Waals surface area contributed by atoms with Gasteiger partial charge in [0, 0.05) is 11.8 Å². The summed E-state index contributed by atoms with van der Waals surface area (Å²) in [5.41, 5.74) is 0.0626. The molecular formula is C13H17F3N2S. The van der Waals surface area contributed by atoms with E-state index in [0.717, 1.165) is 24.0 Å². The predicted molar refractivity (Wildman–Crippen MR) is 72.4 cm³/mol. The van der Waals surface area contributed by atoms with Crippen LogP contribution in [0.25, 0.3) is 0 Å². The summed E-state index contributed by atoms with van der Waals surface area (Å²) in [5.74, 6) is 2.10. The first kappa shape index (κ1) is 14.5. The summed E-state index contributed by atoms with van der Waals surface area (Å²) >= 11 is 1.87. The van der Waals surface area contributed by atoms with Crippen LogP contribution in [-0.4, -0.2) is 22.5 Å². The van der Waals surface area contributed by atoms with Gasteiger partial charge in [0.15, 0.2) is 0 Å². The van der Waals surface area contributed by atoms with Crippen molar-refractivity contribution in [3.8, 4) is 0 Å². The Bertz CT molecular complexity index is 429. The molecule has 0 saturated carbocycles. The van der Waals surface area contributed by atoms with Crippen LogP contribution in [0.3, 0.4) is 0 Å². The van der Waals surface area contributed by atoms with Crippen LogP contribution in [0, 0.1) is 5.41 Å². The van der Waals surface area contributed by atoms with Crippen molar-refractivity contribution >= 4 is 17.4 Å². The number of alkyl halides is 3. The minimum absolute atomic E-state index is 0.264. The Balaban J connectivity index is 2.00. The lowest BCUT2D eigenvalue weighted by atomic mass is 9.88. The molecule has 1 aliphatic rings. The van der Waals surface area contributed by atoms with E-state index in [1.165, 1.54) is 12.3 Å². The Morgan fingerprint density at radius 2 is 2.11 bits per heavy atom. The lowest BCUT2D eigenvalue weighted by Gasteiger charge is -2.35. The zero-order valence-corrected chi connectivity index (χ0v) is 11.7. The van der Waals surface area contributed by atoms with E-state index in [1.807, 2.05) is 11.8 Å². The fraction of sp³-hybridized carbons (Fsp3) is 0.615. The van der Waals surface area contributed by atoms with E-state index >= 15 is 0 Å². The van der Waals surface area contributed by atoms with Crippen molar-refractivity contribution in [3.05, 3.63) is 24.0 Å². The highest BCUT2D eigenvalue weighted by Gasteiger charge is 2.32. The molecule has 2 heterocycles. The molecule has 0 spiro atoms. The Hall–Kier alpha value is -0.910. The molecule has 1 saturated heterocycles. The van der Waals surface area contributed by atoms with Gasteiger partial charge in [-0.2, -0.15) is 24.9 Å². The van der Waals surface area contributed by atoms with E-state index in [2.05, 4.69) is 24.1 Å². The number of halogens is 3. The summed E-state index contributed by atoms with van der Waals surface area (Å²) in [6.45, 7) is 4.41. The highest BCUT2D eigenvalue weighted by molar-refractivity contribution is 7.99. The van der Waals surface area contributed by atoms with Crippen molar-refractivity contribution in [1.29, 1.82) is 0 Å². The summed E-state index contributed by atoms with van der Waals surface area (Å²) in [6.07, 6.45) is -2.10. The second kappa shape index (κ2) is 5.23. The average molecular weight is 290 g/mol. The fourth-order valence-electron chi connectivity index (χ4n) is 2.24. The number of hydrogen-bond donors (Lipinski definition) is 1. The van der Waals surface area contributed by atoms with E-state index in [1.54, 1.807) is 0 Å². The maximum absolute atomic E-state index is 12.4. The average Bonchev–Trinajstić information content (AvgIpc) is 2.27. The number of pyridine rings is 1. The topological polar surface area (TPSA) is 24.9 Å². The maximum atomic E-state index is 12.4. The van der Waals surface area contributed by atoms with E-state index in [-0.39, 0.29) is 11.5 Å². The van der Waals surface area contributed by atoms with Crippen LogP contribution in [0.4, 0.5) is 18.9 Å². The first-order valence-electron chi connectivity index (χ1n) is 6.14. The molecule has 1 aliphatic heterocycles. The van der Waals surface area contributed by atoms with Gasteiger partial charge >= 0.3 is 6.18 Å². The molecule has 106 valence electrons. The summed E-state index contributed by atoms with van der Waals surface area (Å²) in [4.78, 5) is 3.46. The molecule has 0 aromatic carbocycles. The normalized spacial score (nSPS) is 23.1. The molecule has 1 unspecified atom stereocenters. The molecule has 6 heteroatoms. The van der Waals surface area contributed by atoms with Gasteiger partial charge in [-0.1, -0.05) is 13.8 Å². The SMILES string of the molecule is CC1(C)CSCC(Nc2ccc(C(F)(F)F)nc2)C1. The maximum Gasteiger partial charge on any atom is 0.433 e. The van der Waals surface area contributed by atoms with E-state index in [9.17, 15) is 13.2 Å². The van der Waals surface area contributed by atoms with Crippen molar-refractivity contribution in [1.82, 2.24) is 4.98 Å². The number of rotatable bonds is 2. The minimum atomic E-state index is -4.37. The highest BCUT2D eigenvalue weighted by Crippen LogP contribution is 2.35. The monoisotopic (exact) mass is 290 g/mol. The van der Waals surface area contributed by atoms with Crippen molar-refractivity contribution in [2.24, 2.45) is 5.41 Å². The quantitative estimate of drug-likeness (QED) is 0.889. The van der Waals surface area contributed by atoms with Crippen LogP contribution in [0.2, 0.25) is 0 Å². The molecule has 0 bridgehead atoms. The van der Waals surface area contributed by atoms with Gasteiger partial charge in [-0.05, 0) is 29.7 Å². The largest absolute Gasteiger partial charge is 0.433 e. The van der Waals surface area contributed by atoms with Crippen LogP contribution in [0.5, 0.6) is 0 Å². The van der Waals surface area contributed by atoms with Crippen molar-refractivity contribution in [2.75, 3.05) is 16.8 Å². The standard InChI is InChI=1S/C13H17F3N2S/c1-12(2)5-10(7-19-8-12)18-9-3-4-11(17-6-9)13(14,15)16/h3-4,6,10,18H,5,7-8H2,1-2H3. The number of thioether (sulfide) groups is 1. The van der Waals surface area contributed by atoms with Crippen molar-refractivity contribution in [2.45, 2.75) is 32.5 Å². The smallest absolute Gasteiger partial charge is 0.380 e. The fourth-order valence-corrected chi connectivity index (χ4v) is 3.51. The second-order valence-corrected chi connectivity index (χ2v) is 6.68. The van der Waals surface area contributed by atoms with E-state index in [4.69, 9.17) is 0 Å². The number of aromatic nitrogens is 1. The van der Waals surface area contributed by atoms with Gasteiger partial charge in [-0.25, -0.2) is 4.98 Å². The third-order valence-corrected chi connectivity index (χ3v) is 4.66. The highest BCUT2D eigenvalue weighted by atomic mass is 32.2. The first-order chi connectivity index (χ1) is 8.76. The van der Waals surface area contributed by atoms with Gasteiger partial charge in [0.2, 0.25) is 0 Å². The first-order valence-corrected chi connectivity index (χ1v) is 7.29. The third kappa shape index (κ3) is 4.03. The molecule has 19 heavy (non-hydrogen) atoms. The van der Waals surface area contributed by atoms with Crippen LogP contribution >= 0.6 is 11.8 Å². The third-order valence-electron chi connectivity index (χ3n) is 3.04. The predicted octanol–water partition coefficient (Wildman–Crippen LogP) is 4.04. The summed E-state index contributed by atoms with van der Waals surface area (Å²) in [5, 5.41) is 3.26. The van der Waals surface area contributed by atoms with Crippen LogP contribution in [0.1, 0.15) is 26.0 Å². The van der Waals surface area contributed by atoms with E-state index < -0.39 is 11.9 Å². The molecule has 0 aliphatic carbocycles. The molecule has 1 atom stereocenters.